The minimum Gasteiger partial charge on any atom is -0.382 e. The SMILES string of the molecule is CN(C)C=C1N=C2C=C(c3ccccc3)c3cc(Cl)ccc3N2C1=O. The predicted molar refractivity (Wildman–Crippen MR) is 102 cm³/mol. The van der Waals surface area contributed by atoms with Crippen molar-refractivity contribution in [3.8, 4) is 0 Å². The Morgan fingerprint density at radius 1 is 1.12 bits per heavy atom. The molecule has 4 nitrogen and oxygen atoms in total. The van der Waals surface area contributed by atoms with Gasteiger partial charge in [0.1, 0.15) is 11.5 Å². The van der Waals surface area contributed by atoms with Gasteiger partial charge in [0, 0.05) is 30.9 Å². The van der Waals surface area contributed by atoms with E-state index in [1.54, 1.807) is 17.2 Å². The molecule has 0 spiro atoms. The highest BCUT2D eigenvalue weighted by molar-refractivity contribution is 6.35. The second-order valence-corrected chi connectivity index (χ2v) is 6.61. The Morgan fingerprint density at radius 3 is 2.60 bits per heavy atom. The van der Waals surface area contributed by atoms with Crippen LogP contribution in [0.4, 0.5) is 5.69 Å². The molecule has 5 heteroatoms. The molecule has 2 aromatic rings. The molecule has 0 bridgehead atoms. The summed E-state index contributed by atoms with van der Waals surface area (Å²) in [4.78, 5) is 20.8. The van der Waals surface area contributed by atoms with Crippen molar-refractivity contribution in [3.05, 3.63) is 82.7 Å². The van der Waals surface area contributed by atoms with Gasteiger partial charge in [0.25, 0.3) is 5.91 Å². The number of anilines is 1. The first kappa shape index (κ1) is 15.7. The summed E-state index contributed by atoms with van der Waals surface area (Å²) in [5.74, 6) is 0.502. The third kappa shape index (κ3) is 2.65. The van der Waals surface area contributed by atoms with Crippen LogP contribution in [0.25, 0.3) is 5.57 Å². The summed E-state index contributed by atoms with van der Waals surface area (Å²) in [7, 11) is 3.74. The minimum absolute atomic E-state index is 0.129. The standard InChI is InChI=1S/C20H16ClN3O/c1-23(2)12-17-20(25)24-18-9-8-14(21)10-16(18)15(11-19(24)22-17)13-6-4-3-5-7-13/h3-12H,1-2H3. The highest BCUT2D eigenvalue weighted by Crippen LogP contribution is 2.40. The van der Waals surface area contributed by atoms with E-state index in [9.17, 15) is 4.79 Å². The van der Waals surface area contributed by atoms with Crippen LogP contribution in [0.15, 0.2) is 71.5 Å². The topological polar surface area (TPSA) is 35.9 Å². The van der Waals surface area contributed by atoms with Crippen molar-refractivity contribution in [3.63, 3.8) is 0 Å². The number of fused-ring (bicyclic) bond motifs is 3. The summed E-state index contributed by atoms with van der Waals surface area (Å²) >= 11 is 6.23. The molecule has 0 N–H and O–H groups in total. The van der Waals surface area contributed by atoms with E-state index < -0.39 is 0 Å². The molecule has 0 fully saturated rings. The van der Waals surface area contributed by atoms with Gasteiger partial charge in [0.2, 0.25) is 0 Å². The molecule has 0 saturated heterocycles. The van der Waals surface area contributed by atoms with Crippen LogP contribution >= 0.6 is 11.6 Å². The highest BCUT2D eigenvalue weighted by Gasteiger charge is 2.35. The van der Waals surface area contributed by atoms with Crippen LogP contribution in [0.2, 0.25) is 5.02 Å². The van der Waals surface area contributed by atoms with Crippen molar-refractivity contribution in [2.24, 2.45) is 4.99 Å². The van der Waals surface area contributed by atoms with Crippen LogP contribution in [-0.4, -0.2) is 30.7 Å². The van der Waals surface area contributed by atoms with Gasteiger partial charge in [-0.15, -0.1) is 0 Å². The maximum Gasteiger partial charge on any atom is 0.284 e. The smallest absolute Gasteiger partial charge is 0.284 e. The van der Waals surface area contributed by atoms with E-state index in [0.717, 1.165) is 22.4 Å². The van der Waals surface area contributed by atoms with Gasteiger partial charge in [-0.2, -0.15) is 0 Å². The van der Waals surface area contributed by atoms with E-state index in [1.165, 1.54) is 0 Å². The molecule has 2 aliphatic heterocycles. The number of nitrogens with zero attached hydrogens (tertiary/aromatic N) is 3. The average molecular weight is 350 g/mol. The van der Waals surface area contributed by atoms with E-state index in [4.69, 9.17) is 11.6 Å². The van der Waals surface area contributed by atoms with Crippen LogP contribution in [0.3, 0.4) is 0 Å². The summed E-state index contributed by atoms with van der Waals surface area (Å²) < 4.78 is 0. The maximum atomic E-state index is 12.8. The van der Waals surface area contributed by atoms with E-state index in [-0.39, 0.29) is 5.91 Å². The Kier molecular flexibility index (Phi) is 3.70. The van der Waals surface area contributed by atoms with Crippen molar-refractivity contribution in [1.29, 1.82) is 0 Å². The van der Waals surface area contributed by atoms with Gasteiger partial charge in [0.05, 0.1) is 5.69 Å². The quantitative estimate of drug-likeness (QED) is 0.770. The van der Waals surface area contributed by atoms with Gasteiger partial charge in [-0.1, -0.05) is 41.9 Å². The normalized spacial score (nSPS) is 17.2. The van der Waals surface area contributed by atoms with Gasteiger partial charge in [-0.3, -0.25) is 9.69 Å². The summed E-state index contributed by atoms with van der Waals surface area (Å²) in [6, 6.07) is 15.6. The fourth-order valence-electron chi connectivity index (χ4n) is 3.08. The number of hydrogen-bond acceptors (Lipinski definition) is 3. The zero-order valence-corrected chi connectivity index (χ0v) is 14.7. The molecule has 25 heavy (non-hydrogen) atoms. The molecule has 0 radical (unpaired) electrons. The number of hydrogen-bond donors (Lipinski definition) is 0. The molecular weight excluding hydrogens is 334 g/mol. The lowest BCUT2D eigenvalue weighted by Gasteiger charge is -2.26. The molecular formula is C20H16ClN3O. The first-order chi connectivity index (χ1) is 12.0. The van der Waals surface area contributed by atoms with Gasteiger partial charge in [-0.25, -0.2) is 4.99 Å². The molecule has 0 saturated carbocycles. The Labute approximate surface area is 151 Å². The van der Waals surface area contributed by atoms with Crippen LogP contribution in [-0.2, 0) is 4.79 Å². The monoisotopic (exact) mass is 349 g/mol. The first-order valence-corrected chi connectivity index (χ1v) is 8.31. The number of halogens is 1. The van der Waals surface area contributed by atoms with Crippen molar-refractivity contribution in [2.75, 3.05) is 19.0 Å². The second kappa shape index (κ2) is 5.90. The second-order valence-electron chi connectivity index (χ2n) is 6.17. The van der Waals surface area contributed by atoms with E-state index >= 15 is 0 Å². The van der Waals surface area contributed by atoms with Crippen molar-refractivity contribution in [1.82, 2.24) is 4.90 Å². The van der Waals surface area contributed by atoms with Crippen molar-refractivity contribution < 1.29 is 4.79 Å². The highest BCUT2D eigenvalue weighted by atomic mass is 35.5. The van der Waals surface area contributed by atoms with Gasteiger partial charge >= 0.3 is 0 Å². The first-order valence-electron chi connectivity index (χ1n) is 7.93. The number of aliphatic imine (C=N–C) groups is 1. The molecule has 0 aliphatic carbocycles. The Bertz CT molecular complexity index is 958. The summed E-state index contributed by atoms with van der Waals surface area (Å²) in [5.41, 5.74) is 4.22. The molecule has 0 aromatic heterocycles. The van der Waals surface area contributed by atoms with Gasteiger partial charge < -0.3 is 4.90 Å². The largest absolute Gasteiger partial charge is 0.382 e. The number of amidine groups is 1. The molecule has 2 aliphatic rings. The van der Waals surface area contributed by atoms with E-state index in [0.29, 0.717) is 16.6 Å². The third-order valence-corrected chi connectivity index (χ3v) is 4.35. The number of carbonyl (C=O) groups excluding carboxylic acids is 1. The van der Waals surface area contributed by atoms with Gasteiger partial charge in [0.15, 0.2) is 0 Å². The summed E-state index contributed by atoms with van der Waals surface area (Å²) in [6.45, 7) is 0. The van der Waals surface area contributed by atoms with E-state index in [2.05, 4.69) is 4.99 Å². The maximum absolute atomic E-state index is 12.8. The van der Waals surface area contributed by atoms with E-state index in [1.807, 2.05) is 67.5 Å². The average Bonchev–Trinajstić information content (AvgIpc) is 2.90. The Hall–Kier alpha value is -2.85. The number of rotatable bonds is 2. The molecule has 124 valence electrons. The molecule has 2 aromatic carbocycles. The number of amides is 1. The lowest BCUT2D eigenvalue weighted by atomic mass is 9.93. The molecule has 0 unspecified atom stereocenters. The summed E-state index contributed by atoms with van der Waals surface area (Å²) in [5, 5.41) is 0.636. The Morgan fingerprint density at radius 2 is 1.88 bits per heavy atom. The Balaban J connectivity index is 1.94. The molecule has 2 heterocycles. The lowest BCUT2D eigenvalue weighted by Crippen LogP contribution is -2.34. The third-order valence-electron chi connectivity index (χ3n) is 4.11. The van der Waals surface area contributed by atoms with Crippen LogP contribution in [0.5, 0.6) is 0 Å². The minimum atomic E-state index is -0.129. The van der Waals surface area contributed by atoms with Crippen molar-refractivity contribution in [2.45, 2.75) is 0 Å². The fourth-order valence-corrected chi connectivity index (χ4v) is 3.25. The predicted octanol–water partition coefficient (Wildman–Crippen LogP) is 3.93. The lowest BCUT2D eigenvalue weighted by molar-refractivity contribution is -0.114. The zero-order chi connectivity index (χ0) is 17.6. The van der Waals surface area contributed by atoms with Crippen LogP contribution in [0, 0.1) is 0 Å². The molecule has 1 amide bonds. The fraction of sp³-hybridized carbons (Fsp3) is 0.100. The zero-order valence-electron chi connectivity index (χ0n) is 13.9. The van der Waals surface area contributed by atoms with Crippen molar-refractivity contribution >= 4 is 34.6 Å². The molecule has 0 atom stereocenters. The summed E-state index contributed by atoms with van der Waals surface area (Å²) in [6.07, 6.45) is 3.68. The van der Waals surface area contributed by atoms with Crippen LogP contribution in [0.1, 0.15) is 11.1 Å². The van der Waals surface area contributed by atoms with Crippen LogP contribution < -0.4 is 4.90 Å². The van der Waals surface area contributed by atoms with Gasteiger partial charge in [-0.05, 0) is 35.4 Å². The molecule has 4 rings (SSSR count). The number of carbonyl (C=O) groups is 1. The number of benzene rings is 2.